The van der Waals surface area contributed by atoms with Gasteiger partial charge in [-0.1, -0.05) is 24.3 Å². The average Bonchev–Trinajstić information content (AvgIpc) is 3.64. The van der Waals surface area contributed by atoms with E-state index in [1.807, 2.05) is 36.5 Å². The number of H-pyrrole nitrogens is 1. The molecule has 0 spiro atoms. The van der Waals surface area contributed by atoms with Gasteiger partial charge in [-0.05, 0) is 96.4 Å². The summed E-state index contributed by atoms with van der Waals surface area (Å²) in [5.41, 5.74) is 10.2. The van der Waals surface area contributed by atoms with Crippen molar-refractivity contribution in [2.75, 3.05) is 43.1 Å². The van der Waals surface area contributed by atoms with Crippen LogP contribution >= 0.6 is 0 Å². The number of pyridine rings is 1. The fourth-order valence-corrected chi connectivity index (χ4v) is 6.05. The summed E-state index contributed by atoms with van der Waals surface area (Å²) in [7, 11) is 0. The maximum atomic E-state index is 13.7. The number of rotatable bonds is 10. The standard InChI is InChI=1S/C33H39N9O3/c34-21-22-4-6-25(7-5-22)32(43)37-29(33(44)36-28-10-8-24(9-11-28)31-38-40-41-39-31)19-23-2-1-3-26(18-23)27-12-13-35-30(20-27)42-14-16-45-17-15-42/h1-3,8-13,18,20,22,25,29H,4-7,14-17,19,21,34H2,(H,36,44)(H,37,43)(H,38,39,40,41). The van der Waals surface area contributed by atoms with E-state index < -0.39 is 6.04 Å². The van der Waals surface area contributed by atoms with Crippen molar-refractivity contribution in [3.63, 3.8) is 0 Å². The number of anilines is 2. The van der Waals surface area contributed by atoms with Crippen LogP contribution in [0.1, 0.15) is 31.2 Å². The SMILES string of the molecule is NCC1CCC(C(=O)NC(Cc2cccc(-c3ccnc(N4CCOCC4)c3)c2)C(=O)Nc2ccc(-c3nn[nH]n3)cc2)CC1. The van der Waals surface area contributed by atoms with Gasteiger partial charge >= 0.3 is 0 Å². The third kappa shape index (κ3) is 7.70. The normalized spacial score (nSPS) is 19.1. The van der Waals surface area contributed by atoms with Gasteiger partial charge in [0, 0.05) is 42.9 Å². The van der Waals surface area contributed by atoms with Gasteiger partial charge in [0.15, 0.2) is 0 Å². The van der Waals surface area contributed by atoms with Gasteiger partial charge in [-0.15, -0.1) is 10.2 Å². The molecule has 4 aromatic rings. The first-order valence-electron chi connectivity index (χ1n) is 15.6. The number of amides is 2. The molecule has 2 aromatic carbocycles. The van der Waals surface area contributed by atoms with E-state index in [0.29, 0.717) is 43.6 Å². The molecule has 1 aliphatic carbocycles. The van der Waals surface area contributed by atoms with E-state index in [0.717, 1.165) is 66.8 Å². The van der Waals surface area contributed by atoms with E-state index >= 15 is 0 Å². The summed E-state index contributed by atoms with van der Waals surface area (Å²) in [6.07, 6.45) is 5.58. The van der Waals surface area contributed by atoms with E-state index in [1.54, 1.807) is 12.1 Å². The summed E-state index contributed by atoms with van der Waals surface area (Å²) in [6.45, 7) is 3.63. The number of carbonyl (C=O) groups excluding carboxylic acids is 2. The zero-order valence-corrected chi connectivity index (χ0v) is 25.2. The number of hydrogen-bond donors (Lipinski definition) is 4. The molecule has 2 aromatic heterocycles. The highest BCUT2D eigenvalue weighted by molar-refractivity contribution is 5.97. The minimum absolute atomic E-state index is 0.0847. The third-order valence-electron chi connectivity index (χ3n) is 8.72. The maximum absolute atomic E-state index is 13.7. The van der Waals surface area contributed by atoms with Gasteiger partial charge in [0.2, 0.25) is 17.6 Å². The number of morpholine rings is 1. The Morgan fingerprint density at radius 3 is 2.49 bits per heavy atom. The molecule has 5 N–H and O–H groups in total. The second-order valence-electron chi connectivity index (χ2n) is 11.7. The van der Waals surface area contributed by atoms with Crippen molar-refractivity contribution in [1.82, 2.24) is 30.9 Å². The summed E-state index contributed by atoms with van der Waals surface area (Å²) in [5, 5.41) is 20.1. The predicted molar refractivity (Wildman–Crippen MR) is 171 cm³/mol. The minimum Gasteiger partial charge on any atom is -0.378 e. The molecule has 2 aliphatic rings. The summed E-state index contributed by atoms with van der Waals surface area (Å²) in [4.78, 5) is 34.0. The number of benzene rings is 2. The fourth-order valence-electron chi connectivity index (χ4n) is 6.05. The summed E-state index contributed by atoms with van der Waals surface area (Å²) < 4.78 is 5.50. The lowest BCUT2D eigenvalue weighted by molar-refractivity contribution is -0.130. The molecule has 1 aliphatic heterocycles. The Balaban J connectivity index is 1.19. The molecule has 12 nitrogen and oxygen atoms in total. The Morgan fingerprint density at radius 1 is 0.978 bits per heavy atom. The Hall–Kier alpha value is -4.68. The molecule has 2 fully saturated rings. The number of carbonyl (C=O) groups is 2. The first-order valence-corrected chi connectivity index (χ1v) is 15.6. The van der Waals surface area contributed by atoms with E-state index in [-0.39, 0.29) is 17.7 Å². The number of aromatic amines is 1. The van der Waals surface area contributed by atoms with E-state index in [1.165, 1.54) is 0 Å². The lowest BCUT2D eigenvalue weighted by atomic mass is 9.81. The van der Waals surface area contributed by atoms with Gasteiger partial charge < -0.3 is 26.0 Å². The van der Waals surface area contributed by atoms with Gasteiger partial charge in [0.25, 0.3) is 0 Å². The van der Waals surface area contributed by atoms with Gasteiger partial charge in [-0.2, -0.15) is 5.21 Å². The number of nitrogens with one attached hydrogen (secondary N) is 3. The predicted octanol–water partition coefficient (Wildman–Crippen LogP) is 3.20. The number of aromatic nitrogens is 5. The molecule has 2 amide bonds. The monoisotopic (exact) mass is 609 g/mol. The number of ether oxygens (including phenoxy) is 1. The second-order valence-corrected chi connectivity index (χ2v) is 11.7. The molecule has 6 rings (SSSR count). The molecule has 45 heavy (non-hydrogen) atoms. The van der Waals surface area contributed by atoms with Crippen LogP contribution in [0.15, 0.2) is 66.9 Å². The highest BCUT2D eigenvalue weighted by Gasteiger charge is 2.29. The van der Waals surface area contributed by atoms with Crippen LogP contribution in [-0.4, -0.2) is 76.3 Å². The van der Waals surface area contributed by atoms with Crippen molar-refractivity contribution in [2.45, 2.75) is 38.1 Å². The van der Waals surface area contributed by atoms with Crippen LogP contribution < -0.4 is 21.3 Å². The molecule has 12 heteroatoms. The Labute approximate surface area is 262 Å². The molecule has 0 radical (unpaired) electrons. The molecular weight excluding hydrogens is 570 g/mol. The van der Waals surface area contributed by atoms with Crippen LogP contribution in [0.2, 0.25) is 0 Å². The van der Waals surface area contributed by atoms with Crippen LogP contribution in [0, 0.1) is 11.8 Å². The van der Waals surface area contributed by atoms with Crippen molar-refractivity contribution in [3.8, 4) is 22.5 Å². The van der Waals surface area contributed by atoms with Crippen LogP contribution in [0.4, 0.5) is 11.5 Å². The van der Waals surface area contributed by atoms with Crippen molar-refractivity contribution in [1.29, 1.82) is 0 Å². The quantitative estimate of drug-likeness (QED) is 0.211. The lowest BCUT2D eigenvalue weighted by Gasteiger charge is -2.28. The number of tetrazole rings is 1. The fraction of sp³-hybridized carbons (Fsp3) is 0.394. The minimum atomic E-state index is -0.766. The Morgan fingerprint density at radius 2 is 1.76 bits per heavy atom. The lowest BCUT2D eigenvalue weighted by Crippen LogP contribution is -2.48. The van der Waals surface area contributed by atoms with Crippen LogP contribution in [-0.2, 0) is 20.7 Å². The molecule has 3 heterocycles. The van der Waals surface area contributed by atoms with Crippen LogP contribution in [0.5, 0.6) is 0 Å². The van der Waals surface area contributed by atoms with Gasteiger partial charge in [0.1, 0.15) is 11.9 Å². The number of nitrogens with zero attached hydrogens (tertiary/aromatic N) is 5. The van der Waals surface area contributed by atoms with Crippen molar-refractivity contribution in [3.05, 3.63) is 72.4 Å². The molecule has 0 bridgehead atoms. The van der Waals surface area contributed by atoms with E-state index in [9.17, 15) is 9.59 Å². The first kappa shape index (κ1) is 30.4. The number of hydrogen-bond acceptors (Lipinski definition) is 9. The van der Waals surface area contributed by atoms with Crippen LogP contribution in [0.25, 0.3) is 22.5 Å². The van der Waals surface area contributed by atoms with Gasteiger partial charge in [-0.25, -0.2) is 4.98 Å². The van der Waals surface area contributed by atoms with Crippen LogP contribution in [0.3, 0.4) is 0 Å². The van der Waals surface area contributed by atoms with Crippen molar-refractivity contribution >= 4 is 23.3 Å². The highest BCUT2D eigenvalue weighted by Crippen LogP contribution is 2.29. The average molecular weight is 610 g/mol. The topological polar surface area (TPSA) is 164 Å². The third-order valence-corrected chi connectivity index (χ3v) is 8.72. The Bertz CT molecular complexity index is 1560. The van der Waals surface area contributed by atoms with Gasteiger partial charge in [0.05, 0.1) is 13.2 Å². The molecular formula is C33H39N9O3. The first-order chi connectivity index (χ1) is 22.1. The zero-order chi connectivity index (χ0) is 31.0. The molecule has 1 unspecified atom stereocenters. The largest absolute Gasteiger partial charge is 0.378 e. The molecule has 1 atom stereocenters. The second kappa shape index (κ2) is 14.4. The maximum Gasteiger partial charge on any atom is 0.247 e. The summed E-state index contributed by atoms with van der Waals surface area (Å²) >= 11 is 0. The summed E-state index contributed by atoms with van der Waals surface area (Å²) in [6, 6.07) is 18.6. The van der Waals surface area contributed by atoms with Crippen molar-refractivity contribution < 1.29 is 14.3 Å². The summed E-state index contributed by atoms with van der Waals surface area (Å²) in [5.74, 6) is 1.35. The van der Waals surface area contributed by atoms with Gasteiger partial charge in [-0.3, -0.25) is 9.59 Å². The highest BCUT2D eigenvalue weighted by atomic mass is 16.5. The molecule has 1 saturated carbocycles. The smallest absolute Gasteiger partial charge is 0.247 e. The molecule has 1 saturated heterocycles. The Kier molecular flexibility index (Phi) is 9.71. The van der Waals surface area contributed by atoms with E-state index in [2.05, 4.69) is 59.3 Å². The molecule has 234 valence electrons. The zero-order valence-electron chi connectivity index (χ0n) is 25.2. The van der Waals surface area contributed by atoms with Crippen molar-refractivity contribution in [2.24, 2.45) is 17.6 Å². The van der Waals surface area contributed by atoms with E-state index in [4.69, 9.17) is 10.5 Å². The number of nitrogens with two attached hydrogens (primary N) is 1.